The highest BCUT2D eigenvalue weighted by molar-refractivity contribution is 6.33. The number of aromatic nitrogens is 2. The summed E-state index contributed by atoms with van der Waals surface area (Å²) in [7, 11) is 0. The summed E-state index contributed by atoms with van der Waals surface area (Å²) in [5.74, 6) is 0. The summed E-state index contributed by atoms with van der Waals surface area (Å²) in [4.78, 5) is 0. The maximum Gasteiger partial charge on any atom is 0.0491 e. The summed E-state index contributed by atoms with van der Waals surface area (Å²) >= 11 is 0. The number of fused-ring (bicyclic) bond motifs is 8. The van der Waals surface area contributed by atoms with Crippen LogP contribution in [0.25, 0.3) is 86.7 Å². The highest BCUT2D eigenvalue weighted by Crippen LogP contribution is 2.44. The van der Waals surface area contributed by atoms with Crippen molar-refractivity contribution in [1.82, 2.24) is 9.13 Å². The lowest BCUT2D eigenvalue weighted by Crippen LogP contribution is -2.05. The number of nitrogens with zero attached hydrogens (tertiary/aromatic N) is 2. The molecule has 0 aliphatic rings. The average Bonchev–Trinajstić information content (AvgIpc) is 4.08. The van der Waals surface area contributed by atoms with E-state index in [-0.39, 0.29) is 0 Å². The van der Waals surface area contributed by atoms with Gasteiger partial charge in [0.25, 0.3) is 0 Å². The summed E-state index contributed by atoms with van der Waals surface area (Å²) in [6.45, 7) is 11.3. The highest BCUT2D eigenvalue weighted by Gasteiger charge is 2.21. The van der Waals surface area contributed by atoms with Crippen LogP contribution in [0.15, 0.2) is 133 Å². The van der Waals surface area contributed by atoms with E-state index in [1.165, 1.54) is 243 Å². The predicted molar refractivity (Wildman–Crippen MR) is 335 cm³/mol. The maximum absolute atomic E-state index is 2.69. The fourth-order valence-corrected chi connectivity index (χ4v) is 13.7. The van der Waals surface area contributed by atoms with Crippen LogP contribution in [0.2, 0.25) is 0 Å². The monoisotopic (exact) mass is 1000 g/mol. The first-order chi connectivity index (χ1) is 37.6. The zero-order chi connectivity index (χ0) is 51.8. The summed E-state index contributed by atoms with van der Waals surface area (Å²) in [5.41, 5.74) is 14.7. The lowest BCUT2D eigenvalue weighted by Gasteiger charge is -2.21. The minimum absolute atomic E-state index is 0.994. The molecule has 392 valence electrons. The molecule has 0 fully saturated rings. The zero-order valence-electron chi connectivity index (χ0n) is 47.0. The smallest absolute Gasteiger partial charge is 0.0491 e. The molecule has 0 unspecified atom stereocenters. The van der Waals surface area contributed by atoms with Gasteiger partial charge in [-0.2, -0.15) is 0 Å². The Morgan fingerprint density at radius 2 is 0.658 bits per heavy atom. The van der Waals surface area contributed by atoms with Crippen molar-refractivity contribution in [3.63, 3.8) is 0 Å². The Hall–Kier alpha value is -6.12. The molecule has 0 atom stereocenters. The molecule has 0 spiro atoms. The molecule has 0 aliphatic carbocycles. The molecule has 76 heavy (non-hydrogen) atoms. The van der Waals surface area contributed by atoms with Crippen molar-refractivity contribution in [2.24, 2.45) is 0 Å². The first kappa shape index (κ1) is 52.0. The second kappa shape index (κ2) is 24.5. The molecule has 11 aromatic rings. The van der Waals surface area contributed by atoms with E-state index in [1.54, 1.807) is 5.56 Å². The molecule has 2 nitrogen and oxygen atoms in total. The Kier molecular flexibility index (Phi) is 16.7. The van der Waals surface area contributed by atoms with Crippen molar-refractivity contribution >= 4 is 86.7 Å². The number of benzene rings is 9. The third-order valence-corrected chi connectivity index (χ3v) is 17.7. The van der Waals surface area contributed by atoms with E-state index in [1.807, 2.05) is 0 Å². The molecule has 2 aromatic heterocycles. The van der Waals surface area contributed by atoms with Crippen LogP contribution in [-0.4, -0.2) is 9.13 Å². The topological polar surface area (TPSA) is 9.86 Å². The number of hydrogen-bond donors (Lipinski definition) is 0. The quantitative estimate of drug-likeness (QED) is 0.0263. The molecule has 0 amide bonds. The summed E-state index contributed by atoms with van der Waals surface area (Å²) < 4.78 is 5.37. The standard InChI is InChI=1S/C74H86N2/c1-5-9-13-17-26-53-38-42-68-64(48-53)65-49-54(27-18-14-10-6-2)39-43-69(65)75(68)46-24-33-58-52-59-32-23-35-62-61-34-21-30-57-31-22-36-63(72(57)61)74(73(59)62)60(58)37-25-47-76-70-44-40-55(28-19-15-11-7-3)50-66(70)67-51-56(41-45-71(67)76)29-20-16-12-8-4/h21-23,30-32,34-36,38-45,48-52H,5-20,24-29,33,37,46-47H2,1-4H3. The van der Waals surface area contributed by atoms with Gasteiger partial charge in [0.2, 0.25) is 0 Å². The van der Waals surface area contributed by atoms with Gasteiger partial charge in [-0.25, -0.2) is 0 Å². The van der Waals surface area contributed by atoms with E-state index in [2.05, 4.69) is 170 Å². The van der Waals surface area contributed by atoms with Crippen LogP contribution in [0.1, 0.15) is 177 Å². The van der Waals surface area contributed by atoms with Gasteiger partial charge in [-0.3, -0.25) is 0 Å². The van der Waals surface area contributed by atoms with E-state index in [0.29, 0.717) is 0 Å². The minimum Gasteiger partial charge on any atom is -0.340 e. The number of unbranched alkanes of at least 4 members (excludes halogenated alkanes) is 12. The summed E-state index contributed by atoms with van der Waals surface area (Å²) in [6, 6.07) is 53.6. The van der Waals surface area contributed by atoms with Crippen LogP contribution in [0.3, 0.4) is 0 Å². The molecular formula is C74H86N2. The third-order valence-electron chi connectivity index (χ3n) is 17.7. The molecule has 9 aromatic carbocycles. The van der Waals surface area contributed by atoms with E-state index < -0.39 is 0 Å². The minimum atomic E-state index is 0.994. The molecule has 0 radical (unpaired) electrons. The van der Waals surface area contributed by atoms with Gasteiger partial charge < -0.3 is 9.13 Å². The molecular weight excluding hydrogens is 917 g/mol. The summed E-state index contributed by atoms with van der Waals surface area (Å²) in [6.07, 6.45) is 29.7. The molecule has 0 bridgehead atoms. The van der Waals surface area contributed by atoms with Crippen molar-refractivity contribution in [2.45, 2.75) is 195 Å². The van der Waals surface area contributed by atoms with Crippen LogP contribution >= 0.6 is 0 Å². The van der Waals surface area contributed by atoms with Crippen molar-refractivity contribution in [2.75, 3.05) is 0 Å². The molecule has 0 aliphatic heterocycles. The number of aryl methyl sites for hydroxylation is 8. The molecule has 11 rings (SSSR count). The normalized spacial score (nSPS) is 12.3. The molecule has 2 heteroatoms. The van der Waals surface area contributed by atoms with Gasteiger partial charge in [0.1, 0.15) is 0 Å². The van der Waals surface area contributed by atoms with Gasteiger partial charge in [0, 0.05) is 56.7 Å². The first-order valence-corrected chi connectivity index (χ1v) is 30.7. The zero-order valence-corrected chi connectivity index (χ0v) is 47.0. The van der Waals surface area contributed by atoms with Gasteiger partial charge in [-0.15, -0.1) is 0 Å². The lowest BCUT2D eigenvalue weighted by atomic mass is 9.84. The van der Waals surface area contributed by atoms with Crippen LogP contribution in [-0.2, 0) is 51.6 Å². The summed E-state index contributed by atoms with van der Waals surface area (Å²) in [5, 5.41) is 17.1. The first-order valence-electron chi connectivity index (χ1n) is 30.7. The van der Waals surface area contributed by atoms with Gasteiger partial charge >= 0.3 is 0 Å². The molecule has 2 heterocycles. The van der Waals surface area contributed by atoms with Gasteiger partial charge in [0.05, 0.1) is 0 Å². The largest absolute Gasteiger partial charge is 0.340 e. The van der Waals surface area contributed by atoms with Crippen molar-refractivity contribution < 1.29 is 0 Å². The van der Waals surface area contributed by atoms with Crippen molar-refractivity contribution in [3.05, 3.63) is 167 Å². The van der Waals surface area contributed by atoms with Crippen LogP contribution in [0.5, 0.6) is 0 Å². The van der Waals surface area contributed by atoms with Crippen LogP contribution in [0, 0.1) is 0 Å². The lowest BCUT2D eigenvalue weighted by molar-refractivity contribution is 0.659. The molecule has 0 N–H and O–H groups in total. The van der Waals surface area contributed by atoms with Gasteiger partial charge in [-0.1, -0.05) is 190 Å². The van der Waals surface area contributed by atoms with E-state index in [0.717, 1.165) is 38.8 Å². The van der Waals surface area contributed by atoms with Crippen molar-refractivity contribution in [3.8, 4) is 0 Å². The maximum atomic E-state index is 2.69. The Balaban J connectivity index is 0.958. The van der Waals surface area contributed by atoms with E-state index >= 15 is 0 Å². The second-order valence-electron chi connectivity index (χ2n) is 23.2. The van der Waals surface area contributed by atoms with Gasteiger partial charge in [-0.05, 0) is 202 Å². The Morgan fingerprint density at radius 1 is 0.276 bits per heavy atom. The molecule has 0 saturated carbocycles. The number of hydrogen-bond acceptors (Lipinski definition) is 0. The highest BCUT2D eigenvalue weighted by atomic mass is 15.0. The Bertz CT molecular complexity index is 3580. The van der Waals surface area contributed by atoms with Crippen LogP contribution < -0.4 is 0 Å². The SMILES string of the molecule is CCCCCCc1ccc2c(c1)c1cc(CCCCCC)ccc1n2CCCc1cc2cccc3c4cccc5cccc(c(c1CCCn1c6ccc(CCCCCC)cc6c6cc(CCCCCC)ccc61)c23)c54. The second-order valence-corrected chi connectivity index (χ2v) is 23.2. The fourth-order valence-electron chi connectivity index (χ4n) is 13.7. The van der Waals surface area contributed by atoms with Gasteiger partial charge in [0.15, 0.2) is 0 Å². The fraction of sp³-hybridized carbons (Fsp3) is 0.405. The molecule has 0 saturated heterocycles. The number of rotatable bonds is 28. The Morgan fingerprint density at radius 3 is 1.08 bits per heavy atom. The van der Waals surface area contributed by atoms with E-state index in [4.69, 9.17) is 0 Å². The van der Waals surface area contributed by atoms with Crippen molar-refractivity contribution in [1.29, 1.82) is 0 Å². The van der Waals surface area contributed by atoms with E-state index in [9.17, 15) is 0 Å². The van der Waals surface area contributed by atoms with Crippen LogP contribution in [0.4, 0.5) is 0 Å². The predicted octanol–water partition coefficient (Wildman–Crippen LogP) is 21.7. The third kappa shape index (κ3) is 10.8. The average molecular weight is 1000 g/mol. The Labute approximate surface area is 455 Å².